The highest BCUT2D eigenvalue weighted by Crippen LogP contribution is 2.48. The van der Waals surface area contributed by atoms with Crippen LogP contribution in [0.15, 0.2) is 40.9 Å². The highest BCUT2D eigenvalue weighted by Gasteiger charge is 2.43. The first kappa shape index (κ1) is 27.5. The first-order valence-electron chi connectivity index (χ1n) is 12.4. The van der Waals surface area contributed by atoms with E-state index in [0.717, 1.165) is 0 Å². The van der Waals surface area contributed by atoms with E-state index < -0.39 is 22.7 Å². The van der Waals surface area contributed by atoms with Crippen molar-refractivity contribution >= 4 is 17.5 Å². The highest BCUT2D eigenvalue weighted by molar-refractivity contribution is 6.05. The van der Waals surface area contributed by atoms with E-state index in [2.05, 4.69) is 0 Å². The Labute approximate surface area is 213 Å². The molecule has 7 heteroatoms. The molecule has 1 aromatic carbocycles. The van der Waals surface area contributed by atoms with Crippen molar-refractivity contribution in [1.82, 2.24) is 0 Å². The summed E-state index contributed by atoms with van der Waals surface area (Å²) >= 11 is 0. The summed E-state index contributed by atoms with van der Waals surface area (Å²) < 4.78 is 11.0. The molecule has 0 radical (unpaired) electrons. The summed E-state index contributed by atoms with van der Waals surface area (Å²) in [7, 11) is 1.43. The van der Waals surface area contributed by atoms with Gasteiger partial charge in [0.1, 0.15) is 11.5 Å². The van der Waals surface area contributed by atoms with Gasteiger partial charge in [0.25, 0.3) is 0 Å². The van der Waals surface area contributed by atoms with Gasteiger partial charge in [0.05, 0.1) is 7.11 Å². The van der Waals surface area contributed by atoms with Gasteiger partial charge in [-0.2, -0.15) is 0 Å². The smallest absolute Gasteiger partial charge is 0.311 e. The lowest BCUT2D eigenvalue weighted by Gasteiger charge is -2.36. The number of aliphatic hydroxyl groups excluding tert-OH is 2. The predicted octanol–water partition coefficient (Wildman–Crippen LogP) is 6.13. The topological polar surface area (TPSA) is 110 Å². The standard InChI is InChI=1S/C29H38O7/c1-16(2)10-24(34)36-22-9-8-17(11-23(22)35-7)25(26-18(30)12-28(3,4)13-19(26)31)27-20(32)14-29(5,6)15-21(27)33/h8-9,11,16,25,30,32H,10,12-15H2,1-7H3. The third-order valence-electron chi connectivity index (χ3n) is 6.69. The number of benzene rings is 1. The summed E-state index contributed by atoms with van der Waals surface area (Å²) in [4.78, 5) is 39.0. The van der Waals surface area contributed by atoms with Crippen LogP contribution in [-0.4, -0.2) is 34.9 Å². The average Bonchev–Trinajstić information content (AvgIpc) is 2.69. The molecule has 0 spiro atoms. The van der Waals surface area contributed by atoms with Gasteiger partial charge in [0, 0.05) is 49.2 Å². The molecule has 0 bridgehead atoms. The van der Waals surface area contributed by atoms with E-state index in [4.69, 9.17) is 9.47 Å². The first-order chi connectivity index (χ1) is 16.6. The van der Waals surface area contributed by atoms with Gasteiger partial charge in [-0.05, 0) is 34.4 Å². The predicted molar refractivity (Wildman–Crippen MR) is 136 cm³/mol. The number of allylic oxidation sites excluding steroid dienone is 4. The number of methoxy groups -OCH3 is 1. The quantitative estimate of drug-likeness (QED) is 0.343. The van der Waals surface area contributed by atoms with Crippen LogP contribution in [-0.2, 0) is 14.4 Å². The zero-order valence-electron chi connectivity index (χ0n) is 22.4. The van der Waals surface area contributed by atoms with Gasteiger partial charge in [-0.15, -0.1) is 0 Å². The van der Waals surface area contributed by atoms with E-state index in [-0.39, 0.29) is 83.8 Å². The van der Waals surface area contributed by atoms with Crippen molar-refractivity contribution in [2.45, 2.75) is 79.6 Å². The number of carbonyl (C=O) groups is 3. The zero-order chi connectivity index (χ0) is 27.0. The number of hydrogen-bond acceptors (Lipinski definition) is 7. The van der Waals surface area contributed by atoms with Gasteiger partial charge < -0.3 is 19.7 Å². The molecular formula is C29H38O7. The third-order valence-corrected chi connectivity index (χ3v) is 6.69. The molecule has 0 aromatic heterocycles. The van der Waals surface area contributed by atoms with Crippen molar-refractivity contribution < 1.29 is 34.1 Å². The number of Topliss-reactive ketones (excluding diaryl/α,β-unsaturated/α-hetero) is 2. The molecule has 2 N–H and O–H groups in total. The van der Waals surface area contributed by atoms with Crippen LogP contribution in [0, 0.1) is 16.7 Å². The molecule has 0 saturated heterocycles. The van der Waals surface area contributed by atoms with Gasteiger partial charge >= 0.3 is 5.97 Å². The molecule has 196 valence electrons. The molecule has 36 heavy (non-hydrogen) atoms. The summed E-state index contributed by atoms with van der Waals surface area (Å²) in [5.74, 6) is -1.46. The van der Waals surface area contributed by atoms with Crippen molar-refractivity contribution in [3.05, 3.63) is 46.4 Å². The Morgan fingerprint density at radius 3 is 1.81 bits per heavy atom. The Kier molecular flexibility index (Phi) is 7.72. The summed E-state index contributed by atoms with van der Waals surface area (Å²) in [6.45, 7) is 11.4. The Morgan fingerprint density at radius 2 is 1.39 bits per heavy atom. The van der Waals surface area contributed by atoms with Crippen molar-refractivity contribution in [2.24, 2.45) is 16.7 Å². The lowest BCUT2D eigenvalue weighted by Crippen LogP contribution is -2.33. The highest BCUT2D eigenvalue weighted by atomic mass is 16.6. The molecule has 2 aliphatic carbocycles. The SMILES string of the molecule is COc1cc(C(C2=C(O)CC(C)(C)CC2=O)C2=C(O)CC(C)(C)CC2=O)ccc1OC(=O)CC(C)C. The average molecular weight is 499 g/mol. The zero-order valence-corrected chi connectivity index (χ0v) is 22.4. The molecule has 2 aliphatic rings. The molecule has 0 heterocycles. The molecule has 0 aliphatic heterocycles. The van der Waals surface area contributed by atoms with E-state index in [0.29, 0.717) is 5.56 Å². The van der Waals surface area contributed by atoms with Gasteiger partial charge in [0.2, 0.25) is 0 Å². The summed E-state index contributed by atoms with van der Waals surface area (Å²) in [6, 6.07) is 4.80. The number of hydrogen-bond donors (Lipinski definition) is 2. The molecule has 0 atom stereocenters. The molecule has 0 unspecified atom stereocenters. The minimum atomic E-state index is -0.966. The fourth-order valence-electron chi connectivity index (χ4n) is 5.18. The maximum absolute atomic E-state index is 13.4. The Hall–Kier alpha value is -3.09. The van der Waals surface area contributed by atoms with E-state index in [9.17, 15) is 24.6 Å². The Morgan fingerprint density at radius 1 is 0.889 bits per heavy atom. The van der Waals surface area contributed by atoms with Crippen molar-refractivity contribution in [3.63, 3.8) is 0 Å². The summed E-state index contributed by atoms with van der Waals surface area (Å²) in [5, 5.41) is 22.1. The van der Waals surface area contributed by atoms with E-state index in [1.807, 2.05) is 41.5 Å². The fourth-order valence-corrected chi connectivity index (χ4v) is 5.18. The number of esters is 1. The molecular weight excluding hydrogens is 460 g/mol. The molecule has 1 aromatic rings. The van der Waals surface area contributed by atoms with Gasteiger partial charge in [-0.1, -0.05) is 47.6 Å². The molecule has 7 nitrogen and oxygen atoms in total. The number of ether oxygens (including phenoxy) is 2. The van der Waals surface area contributed by atoms with E-state index in [1.54, 1.807) is 18.2 Å². The van der Waals surface area contributed by atoms with Crippen molar-refractivity contribution in [2.75, 3.05) is 7.11 Å². The number of ketones is 2. The second-order valence-corrected chi connectivity index (χ2v) is 12.0. The third kappa shape index (κ3) is 6.00. The lowest BCUT2D eigenvalue weighted by molar-refractivity contribution is -0.135. The Bertz CT molecular complexity index is 1080. The van der Waals surface area contributed by atoms with Crippen LogP contribution in [0.5, 0.6) is 11.5 Å². The number of carbonyl (C=O) groups excluding carboxylic acids is 3. The minimum absolute atomic E-state index is 0.0782. The van der Waals surface area contributed by atoms with Gasteiger partial charge in [-0.25, -0.2) is 0 Å². The fraction of sp³-hybridized carbons (Fsp3) is 0.552. The monoisotopic (exact) mass is 498 g/mol. The van der Waals surface area contributed by atoms with E-state index >= 15 is 0 Å². The largest absolute Gasteiger partial charge is 0.512 e. The minimum Gasteiger partial charge on any atom is -0.512 e. The second-order valence-electron chi connectivity index (χ2n) is 12.0. The van der Waals surface area contributed by atoms with Crippen molar-refractivity contribution in [1.29, 1.82) is 0 Å². The molecule has 0 amide bonds. The first-order valence-corrected chi connectivity index (χ1v) is 12.4. The van der Waals surface area contributed by atoms with Crippen LogP contribution >= 0.6 is 0 Å². The van der Waals surface area contributed by atoms with Crippen LogP contribution in [0.4, 0.5) is 0 Å². The number of aliphatic hydroxyl groups is 2. The lowest BCUT2D eigenvalue weighted by atomic mass is 9.67. The molecule has 0 fully saturated rings. The second kappa shape index (κ2) is 10.1. The van der Waals surface area contributed by atoms with Crippen LogP contribution in [0.3, 0.4) is 0 Å². The molecule has 0 saturated carbocycles. The summed E-state index contributed by atoms with van der Waals surface area (Å²) in [6.07, 6.45) is 1.21. The summed E-state index contributed by atoms with van der Waals surface area (Å²) in [5.41, 5.74) is -0.113. The maximum atomic E-state index is 13.4. The van der Waals surface area contributed by atoms with Crippen LogP contribution < -0.4 is 9.47 Å². The van der Waals surface area contributed by atoms with Crippen LogP contribution in [0.2, 0.25) is 0 Å². The number of rotatable bonds is 7. The van der Waals surface area contributed by atoms with E-state index in [1.165, 1.54) is 7.11 Å². The Balaban J connectivity index is 2.17. The van der Waals surface area contributed by atoms with Gasteiger partial charge in [0.15, 0.2) is 23.1 Å². The van der Waals surface area contributed by atoms with Crippen LogP contribution in [0.1, 0.15) is 85.1 Å². The van der Waals surface area contributed by atoms with Crippen LogP contribution in [0.25, 0.3) is 0 Å². The maximum Gasteiger partial charge on any atom is 0.311 e. The normalized spacial score (nSPS) is 19.8. The van der Waals surface area contributed by atoms with Crippen molar-refractivity contribution in [3.8, 4) is 11.5 Å². The molecule has 3 rings (SSSR count). The van der Waals surface area contributed by atoms with Gasteiger partial charge in [-0.3, -0.25) is 14.4 Å².